The number of rotatable bonds is 8. The fraction of sp³-hybridized carbons (Fsp3) is 0.727. The molecule has 0 saturated heterocycles. The molecule has 0 aromatic carbocycles. The number of amides is 3. The highest BCUT2D eigenvalue weighted by molar-refractivity contribution is 5.84. The number of likely N-dealkylation sites (N-methyl/N-ethyl adjacent to an activating group) is 1. The van der Waals surface area contributed by atoms with Crippen LogP contribution < -0.4 is 5.32 Å². The molecule has 17 heavy (non-hydrogen) atoms. The average Bonchev–Trinajstić information content (AvgIpc) is 2.23. The molecule has 0 aliphatic carbocycles. The van der Waals surface area contributed by atoms with Gasteiger partial charge in [0.05, 0.1) is 6.54 Å². The molecule has 3 amide bonds. The van der Waals surface area contributed by atoms with Crippen LogP contribution in [0.15, 0.2) is 0 Å². The zero-order valence-electron chi connectivity index (χ0n) is 10.7. The first-order chi connectivity index (χ1) is 8.01. The van der Waals surface area contributed by atoms with Crippen molar-refractivity contribution in [1.82, 2.24) is 15.1 Å². The van der Waals surface area contributed by atoms with E-state index >= 15 is 0 Å². The largest absolute Gasteiger partial charge is 0.338 e. The minimum Gasteiger partial charge on any atom is -0.338 e. The molecule has 6 nitrogen and oxygen atoms in total. The molecule has 0 saturated carbocycles. The Morgan fingerprint density at radius 1 is 1.29 bits per heavy atom. The monoisotopic (exact) mass is 243 g/mol. The molecule has 0 aliphatic heterocycles. The molecule has 0 spiro atoms. The third kappa shape index (κ3) is 7.46. The van der Waals surface area contributed by atoms with E-state index in [0.29, 0.717) is 39.0 Å². The van der Waals surface area contributed by atoms with Crippen LogP contribution >= 0.6 is 0 Å². The van der Waals surface area contributed by atoms with Gasteiger partial charge < -0.3 is 5.32 Å². The van der Waals surface area contributed by atoms with E-state index in [4.69, 9.17) is 0 Å². The van der Waals surface area contributed by atoms with Crippen molar-refractivity contribution in [3.63, 3.8) is 0 Å². The minimum atomic E-state index is -0.378. The van der Waals surface area contributed by atoms with Gasteiger partial charge in [-0.2, -0.15) is 0 Å². The fourth-order valence-electron chi connectivity index (χ4n) is 1.43. The normalized spacial score (nSPS) is 10.1. The molecular weight excluding hydrogens is 222 g/mol. The maximum atomic E-state index is 11.3. The van der Waals surface area contributed by atoms with Crippen molar-refractivity contribution in [2.24, 2.45) is 0 Å². The lowest BCUT2D eigenvalue weighted by Crippen LogP contribution is -2.40. The number of ketones is 1. The number of nitrogens with zero attached hydrogens (tertiary/aromatic N) is 2. The third-order valence-electron chi connectivity index (χ3n) is 2.15. The summed E-state index contributed by atoms with van der Waals surface area (Å²) in [5.41, 5.74) is 0. The van der Waals surface area contributed by atoms with E-state index in [-0.39, 0.29) is 11.8 Å². The maximum absolute atomic E-state index is 11.3. The molecular formula is C11H21N3O3. The Morgan fingerprint density at radius 2 is 1.94 bits per heavy atom. The highest BCUT2D eigenvalue weighted by Crippen LogP contribution is 1.93. The summed E-state index contributed by atoms with van der Waals surface area (Å²) in [5.74, 6) is 0.100. The first kappa shape index (κ1) is 15.6. The van der Waals surface area contributed by atoms with Crippen LogP contribution in [-0.4, -0.2) is 61.3 Å². The summed E-state index contributed by atoms with van der Waals surface area (Å²) >= 11 is 0. The Bertz CT molecular complexity index is 269. The van der Waals surface area contributed by atoms with E-state index in [0.717, 1.165) is 4.90 Å². The van der Waals surface area contributed by atoms with Crippen molar-refractivity contribution in [3.8, 4) is 0 Å². The Kier molecular flexibility index (Phi) is 7.96. The molecule has 98 valence electrons. The zero-order valence-corrected chi connectivity index (χ0v) is 10.7. The van der Waals surface area contributed by atoms with Gasteiger partial charge in [-0.05, 0) is 33.9 Å². The van der Waals surface area contributed by atoms with Gasteiger partial charge in [-0.15, -0.1) is 0 Å². The van der Waals surface area contributed by atoms with Gasteiger partial charge in [-0.1, -0.05) is 0 Å². The Hall–Kier alpha value is -1.43. The number of hydrogen-bond acceptors (Lipinski definition) is 4. The van der Waals surface area contributed by atoms with Gasteiger partial charge in [0.15, 0.2) is 0 Å². The lowest BCUT2D eigenvalue weighted by Gasteiger charge is -2.18. The van der Waals surface area contributed by atoms with Crippen LogP contribution in [0, 0.1) is 0 Å². The van der Waals surface area contributed by atoms with Crippen LogP contribution in [0.4, 0.5) is 4.79 Å². The van der Waals surface area contributed by atoms with Crippen LogP contribution in [0.3, 0.4) is 0 Å². The number of imide groups is 1. The number of nitrogens with one attached hydrogen (secondary N) is 1. The number of carbonyl (C=O) groups is 3. The summed E-state index contributed by atoms with van der Waals surface area (Å²) in [4.78, 5) is 35.8. The summed E-state index contributed by atoms with van der Waals surface area (Å²) in [7, 11) is 1.83. The number of carbonyl (C=O) groups excluding carboxylic acids is 3. The molecule has 0 radical (unpaired) electrons. The highest BCUT2D eigenvalue weighted by Gasteiger charge is 2.11. The SMILES string of the molecule is CCNC(=O)N(C=O)CCCN(C)CC(C)=O. The molecule has 0 bridgehead atoms. The lowest BCUT2D eigenvalue weighted by atomic mass is 10.3. The molecule has 0 heterocycles. The van der Waals surface area contributed by atoms with E-state index in [2.05, 4.69) is 5.32 Å². The molecule has 0 aromatic heterocycles. The third-order valence-corrected chi connectivity index (χ3v) is 2.15. The number of urea groups is 1. The van der Waals surface area contributed by atoms with Crippen molar-refractivity contribution < 1.29 is 14.4 Å². The van der Waals surface area contributed by atoms with Crippen LogP contribution in [-0.2, 0) is 9.59 Å². The predicted octanol–water partition coefficient (Wildman–Crippen LogP) is 0.0852. The molecule has 1 N–H and O–H groups in total. The molecule has 0 unspecified atom stereocenters. The van der Waals surface area contributed by atoms with Gasteiger partial charge in [0.25, 0.3) is 0 Å². The molecule has 0 aromatic rings. The summed E-state index contributed by atoms with van der Waals surface area (Å²) in [6, 6.07) is -0.378. The molecule has 0 atom stereocenters. The smallest absolute Gasteiger partial charge is 0.323 e. The van der Waals surface area contributed by atoms with E-state index in [1.165, 1.54) is 6.92 Å². The van der Waals surface area contributed by atoms with Crippen LogP contribution in [0.5, 0.6) is 0 Å². The van der Waals surface area contributed by atoms with Crippen molar-refractivity contribution in [2.75, 3.05) is 33.2 Å². The molecule has 0 aliphatic rings. The van der Waals surface area contributed by atoms with Gasteiger partial charge in [-0.3, -0.25) is 19.4 Å². The fourth-order valence-corrected chi connectivity index (χ4v) is 1.43. The van der Waals surface area contributed by atoms with E-state index in [9.17, 15) is 14.4 Å². The predicted molar refractivity (Wildman–Crippen MR) is 64.6 cm³/mol. The molecule has 6 heteroatoms. The summed E-state index contributed by atoms with van der Waals surface area (Å²) < 4.78 is 0. The Balaban J connectivity index is 3.87. The maximum Gasteiger partial charge on any atom is 0.323 e. The second kappa shape index (κ2) is 8.69. The summed E-state index contributed by atoms with van der Waals surface area (Å²) in [6.07, 6.45) is 1.18. The quantitative estimate of drug-likeness (QED) is 0.613. The lowest BCUT2D eigenvalue weighted by molar-refractivity contribution is -0.118. The van der Waals surface area contributed by atoms with Crippen LogP contribution in [0.2, 0.25) is 0 Å². The van der Waals surface area contributed by atoms with Crippen LogP contribution in [0.1, 0.15) is 20.3 Å². The zero-order chi connectivity index (χ0) is 13.3. The number of hydrogen-bond donors (Lipinski definition) is 1. The van der Waals surface area contributed by atoms with Crippen molar-refractivity contribution >= 4 is 18.2 Å². The second-order valence-corrected chi connectivity index (χ2v) is 3.93. The van der Waals surface area contributed by atoms with Gasteiger partial charge >= 0.3 is 6.03 Å². The van der Waals surface area contributed by atoms with E-state index < -0.39 is 0 Å². The van der Waals surface area contributed by atoms with Crippen LogP contribution in [0.25, 0.3) is 0 Å². The number of Topliss-reactive ketones (excluding diaryl/α,β-unsaturated/α-hetero) is 1. The topological polar surface area (TPSA) is 69.7 Å². The first-order valence-corrected chi connectivity index (χ1v) is 5.69. The van der Waals surface area contributed by atoms with E-state index in [1.54, 1.807) is 6.92 Å². The second-order valence-electron chi connectivity index (χ2n) is 3.93. The van der Waals surface area contributed by atoms with Gasteiger partial charge in [0.1, 0.15) is 5.78 Å². The van der Waals surface area contributed by atoms with Crippen molar-refractivity contribution in [1.29, 1.82) is 0 Å². The summed E-state index contributed by atoms with van der Waals surface area (Å²) in [6.45, 7) is 5.24. The Morgan fingerprint density at radius 3 is 2.41 bits per heavy atom. The highest BCUT2D eigenvalue weighted by atomic mass is 16.2. The van der Waals surface area contributed by atoms with E-state index in [1.807, 2.05) is 11.9 Å². The molecule has 0 fully saturated rings. The average molecular weight is 243 g/mol. The standard InChI is InChI=1S/C11H21N3O3/c1-4-12-11(17)14(9-15)7-5-6-13(3)8-10(2)16/h9H,4-8H2,1-3H3,(H,12,17). The van der Waals surface area contributed by atoms with Gasteiger partial charge in [0, 0.05) is 13.1 Å². The first-order valence-electron chi connectivity index (χ1n) is 5.69. The van der Waals surface area contributed by atoms with Gasteiger partial charge in [0.2, 0.25) is 6.41 Å². The molecule has 0 rings (SSSR count). The minimum absolute atomic E-state index is 0.100. The Labute approximate surface area is 102 Å². The van der Waals surface area contributed by atoms with Crippen molar-refractivity contribution in [3.05, 3.63) is 0 Å². The van der Waals surface area contributed by atoms with Crippen molar-refractivity contribution in [2.45, 2.75) is 20.3 Å². The summed E-state index contributed by atoms with van der Waals surface area (Å²) in [5, 5.41) is 2.55. The van der Waals surface area contributed by atoms with Gasteiger partial charge in [-0.25, -0.2) is 4.79 Å².